The molecule has 0 fully saturated rings. The fourth-order valence-electron chi connectivity index (χ4n) is 1.41. The van der Waals surface area contributed by atoms with E-state index in [4.69, 9.17) is 0 Å². The van der Waals surface area contributed by atoms with Crippen LogP contribution < -0.4 is 5.32 Å². The Hall–Kier alpha value is -1.52. The summed E-state index contributed by atoms with van der Waals surface area (Å²) in [5.41, 5.74) is -0.771. The summed E-state index contributed by atoms with van der Waals surface area (Å²) in [6.07, 6.45) is -3.63. The highest BCUT2D eigenvalue weighted by molar-refractivity contribution is 5.94. The summed E-state index contributed by atoms with van der Waals surface area (Å²) in [5, 5.41) is 2.60. The zero-order chi connectivity index (χ0) is 13.8. The second-order valence-corrected chi connectivity index (χ2v) is 4.52. The number of hydrogen-bond acceptors (Lipinski definition) is 1. The molecule has 0 bridgehead atoms. The number of carbonyl (C=O) groups excluding carboxylic acids is 1. The molecule has 0 aromatic heterocycles. The Morgan fingerprint density at radius 1 is 1.33 bits per heavy atom. The minimum absolute atomic E-state index is 0.0357. The third kappa shape index (κ3) is 4.39. The van der Waals surface area contributed by atoms with Gasteiger partial charge in [0, 0.05) is 12.1 Å². The Bertz CT molecular complexity index is 413. The molecular weight excluding hydrogens is 243 g/mol. The third-order valence-corrected chi connectivity index (χ3v) is 2.46. The lowest BCUT2D eigenvalue weighted by Crippen LogP contribution is -2.25. The normalized spacial score (nSPS) is 11.7. The molecule has 0 saturated heterocycles. The van der Waals surface area contributed by atoms with Gasteiger partial charge in [0.15, 0.2) is 0 Å². The Balaban J connectivity index is 2.69. The molecule has 0 aliphatic carbocycles. The van der Waals surface area contributed by atoms with Crippen LogP contribution in [0.2, 0.25) is 0 Å². The summed E-state index contributed by atoms with van der Waals surface area (Å²) < 4.78 is 37.4. The first-order chi connectivity index (χ1) is 8.30. The van der Waals surface area contributed by atoms with Crippen LogP contribution in [-0.2, 0) is 6.18 Å². The summed E-state index contributed by atoms with van der Waals surface area (Å²) in [4.78, 5) is 11.6. The van der Waals surface area contributed by atoms with Crippen molar-refractivity contribution >= 4 is 5.91 Å². The van der Waals surface area contributed by atoms with Crippen LogP contribution in [-0.4, -0.2) is 12.5 Å². The van der Waals surface area contributed by atoms with E-state index in [1.54, 1.807) is 0 Å². The smallest absolute Gasteiger partial charge is 0.352 e. The van der Waals surface area contributed by atoms with Gasteiger partial charge >= 0.3 is 6.18 Å². The largest absolute Gasteiger partial charge is 0.416 e. The Kier molecular flexibility index (Phi) is 4.76. The summed E-state index contributed by atoms with van der Waals surface area (Å²) in [6.45, 7) is 4.49. The lowest BCUT2D eigenvalue weighted by atomic mass is 10.1. The quantitative estimate of drug-likeness (QED) is 0.881. The second kappa shape index (κ2) is 5.89. The van der Waals surface area contributed by atoms with Crippen LogP contribution in [0, 0.1) is 5.92 Å². The van der Waals surface area contributed by atoms with Crippen molar-refractivity contribution in [2.24, 2.45) is 5.92 Å². The van der Waals surface area contributed by atoms with Crippen molar-refractivity contribution in [2.75, 3.05) is 6.54 Å². The van der Waals surface area contributed by atoms with Crippen LogP contribution in [0.5, 0.6) is 0 Å². The highest BCUT2D eigenvalue weighted by atomic mass is 19.4. The number of nitrogens with one attached hydrogen (secondary N) is 1. The second-order valence-electron chi connectivity index (χ2n) is 4.52. The van der Waals surface area contributed by atoms with Crippen LogP contribution in [0.4, 0.5) is 13.2 Å². The van der Waals surface area contributed by atoms with Crippen LogP contribution in [0.25, 0.3) is 0 Å². The predicted molar refractivity (Wildman–Crippen MR) is 63.2 cm³/mol. The van der Waals surface area contributed by atoms with Crippen molar-refractivity contribution in [1.29, 1.82) is 0 Å². The summed E-state index contributed by atoms with van der Waals surface area (Å²) in [7, 11) is 0. The van der Waals surface area contributed by atoms with Gasteiger partial charge in [-0.05, 0) is 30.5 Å². The molecule has 0 heterocycles. The van der Waals surface area contributed by atoms with Crippen molar-refractivity contribution in [2.45, 2.75) is 26.4 Å². The molecule has 1 rings (SSSR count). The lowest BCUT2D eigenvalue weighted by Gasteiger charge is -2.10. The Morgan fingerprint density at radius 3 is 2.56 bits per heavy atom. The summed E-state index contributed by atoms with van der Waals surface area (Å²) >= 11 is 0. The maximum absolute atomic E-state index is 12.5. The molecule has 1 aromatic carbocycles. The number of alkyl halides is 3. The monoisotopic (exact) mass is 259 g/mol. The standard InChI is InChI=1S/C13H16F3NO/c1-9(2)6-7-17-12(18)10-4-3-5-11(8-10)13(14,15)16/h3-5,8-9H,6-7H2,1-2H3,(H,17,18). The van der Waals surface area contributed by atoms with Crippen LogP contribution >= 0.6 is 0 Å². The van der Waals surface area contributed by atoms with Gasteiger partial charge in [0.05, 0.1) is 5.56 Å². The summed E-state index contributed by atoms with van der Waals surface area (Å²) in [5.74, 6) is -0.0337. The number of hydrogen-bond donors (Lipinski definition) is 1. The Labute approximate surface area is 104 Å². The van der Waals surface area contributed by atoms with Crippen LogP contribution in [0.15, 0.2) is 24.3 Å². The molecule has 1 amide bonds. The van der Waals surface area contributed by atoms with Gasteiger partial charge in [-0.3, -0.25) is 4.79 Å². The number of halogens is 3. The fraction of sp³-hybridized carbons (Fsp3) is 0.462. The molecule has 100 valence electrons. The fourth-order valence-corrected chi connectivity index (χ4v) is 1.41. The van der Waals surface area contributed by atoms with Gasteiger partial charge in [-0.15, -0.1) is 0 Å². The SMILES string of the molecule is CC(C)CCNC(=O)c1cccc(C(F)(F)F)c1. The van der Waals surface area contributed by atoms with E-state index in [1.165, 1.54) is 12.1 Å². The van der Waals surface area contributed by atoms with E-state index in [9.17, 15) is 18.0 Å². The molecule has 0 aliphatic heterocycles. The minimum atomic E-state index is -4.42. The van der Waals surface area contributed by atoms with Gasteiger partial charge in [-0.1, -0.05) is 19.9 Å². The average molecular weight is 259 g/mol. The van der Waals surface area contributed by atoms with Crippen LogP contribution in [0.3, 0.4) is 0 Å². The molecule has 0 atom stereocenters. The maximum atomic E-state index is 12.5. The average Bonchev–Trinajstić information content (AvgIpc) is 2.27. The van der Waals surface area contributed by atoms with Gasteiger partial charge in [0.2, 0.25) is 0 Å². The topological polar surface area (TPSA) is 29.1 Å². The van der Waals surface area contributed by atoms with Crippen molar-refractivity contribution in [3.63, 3.8) is 0 Å². The molecule has 0 aliphatic rings. The van der Waals surface area contributed by atoms with E-state index in [0.29, 0.717) is 12.5 Å². The Morgan fingerprint density at radius 2 is 2.00 bits per heavy atom. The first kappa shape index (κ1) is 14.5. The van der Waals surface area contributed by atoms with E-state index in [-0.39, 0.29) is 5.56 Å². The highest BCUT2D eigenvalue weighted by Gasteiger charge is 2.30. The number of carbonyl (C=O) groups is 1. The zero-order valence-electron chi connectivity index (χ0n) is 10.3. The van der Waals surface area contributed by atoms with Crippen molar-refractivity contribution in [3.05, 3.63) is 35.4 Å². The molecule has 18 heavy (non-hydrogen) atoms. The van der Waals surface area contributed by atoms with Crippen molar-refractivity contribution in [1.82, 2.24) is 5.32 Å². The summed E-state index contributed by atoms with van der Waals surface area (Å²) in [6, 6.07) is 4.43. The highest BCUT2D eigenvalue weighted by Crippen LogP contribution is 2.29. The minimum Gasteiger partial charge on any atom is -0.352 e. The van der Waals surface area contributed by atoms with Crippen molar-refractivity contribution < 1.29 is 18.0 Å². The first-order valence-electron chi connectivity index (χ1n) is 5.76. The third-order valence-electron chi connectivity index (χ3n) is 2.46. The van der Waals surface area contributed by atoms with Gasteiger partial charge in [-0.25, -0.2) is 0 Å². The van der Waals surface area contributed by atoms with E-state index in [0.717, 1.165) is 18.6 Å². The number of rotatable bonds is 4. The van der Waals surface area contributed by atoms with Crippen LogP contribution in [0.1, 0.15) is 36.2 Å². The van der Waals surface area contributed by atoms with Crippen molar-refractivity contribution in [3.8, 4) is 0 Å². The van der Waals surface area contributed by atoms with Gasteiger partial charge in [0.25, 0.3) is 5.91 Å². The van der Waals surface area contributed by atoms with E-state index in [1.807, 2.05) is 13.8 Å². The first-order valence-corrected chi connectivity index (χ1v) is 5.76. The molecular formula is C13H16F3NO. The zero-order valence-corrected chi connectivity index (χ0v) is 10.3. The predicted octanol–water partition coefficient (Wildman–Crippen LogP) is 3.48. The molecule has 2 nitrogen and oxygen atoms in total. The molecule has 0 radical (unpaired) electrons. The maximum Gasteiger partial charge on any atom is 0.416 e. The molecule has 1 N–H and O–H groups in total. The molecule has 1 aromatic rings. The van der Waals surface area contributed by atoms with E-state index < -0.39 is 17.6 Å². The number of amides is 1. The molecule has 0 spiro atoms. The van der Waals surface area contributed by atoms with E-state index in [2.05, 4.69) is 5.32 Å². The molecule has 0 unspecified atom stereocenters. The molecule has 5 heteroatoms. The molecule has 0 saturated carbocycles. The van der Waals surface area contributed by atoms with Gasteiger partial charge < -0.3 is 5.32 Å². The lowest BCUT2D eigenvalue weighted by molar-refractivity contribution is -0.137. The van der Waals surface area contributed by atoms with Gasteiger partial charge in [-0.2, -0.15) is 13.2 Å². The number of benzene rings is 1. The van der Waals surface area contributed by atoms with Gasteiger partial charge in [0.1, 0.15) is 0 Å². The van der Waals surface area contributed by atoms with E-state index >= 15 is 0 Å².